The van der Waals surface area contributed by atoms with Gasteiger partial charge in [-0.15, -0.1) is 0 Å². The average molecular weight is 469 g/mol. The van der Waals surface area contributed by atoms with E-state index in [9.17, 15) is 4.79 Å². The summed E-state index contributed by atoms with van der Waals surface area (Å²) in [4.78, 5) is 24.3. The van der Waals surface area contributed by atoms with Gasteiger partial charge < -0.3 is 19.7 Å². The number of nitrogens with one attached hydrogen (secondary N) is 1. The van der Waals surface area contributed by atoms with Crippen molar-refractivity contribution in [1.29, 1.82) is 0 Å². The second-order valence-electron chi connectivity index (χ2n) is 8.68. The SMILES string of the molecule is COc1ccc(Nc2ncccc2C(=O)N2CCOC[C@@H](Cc3ccc4ncccc4c3)C2)cc1. The van der Waals surface area contributed by atoms with Gasteiger partial charge in [-0.3, -0.25) is 9.78 Å². The molecule has 0 bridgehead atoms. The van der Waals surface area contributed by atoms with Gasteiger partial charge in [-0.05, 0) is 66.6 Å². The molecule has 0 spiro atoms. The Labute approximate surface area is 204 Å². The van der Waals surface area contributed by atoms with Crippen molar-refractivity contribution in [3.05, 3.63) is 90.3 Å². The maximum atomic E-state index is 13.6. The first-order chi connectivity index (χ1) is 17.2. The second kappa shape index (κ2) is 10.5. The van der Waals surface area contributed by atoms with Crippen LogP contribution < -0.4 is 10.1 Å². The number of rotatable bonds is 6. The predicted molar refractivity (Wildman–Crippen MR) is 136 cm³/mol. The van der Waals surface area contributed by atoms with Gasteiger partial charge in [-0.2, -0.15) is 0 Å². The molecule has 1 aliphatic rings. The number of carbonyl (C=O) groups is 1. The number of ether oxygens (including phenoxy) is 2. The van der Waals surface area contributed by atoms with E-state index in [0.29, 0.717) is 37.7 Å². The summed E-state index contributed by atoms with van der Waals surface area (Å²) in [7, 11) is 1.63. The van der Waals surface area contributed by atoms with Crippen LogP contribution in [0.4, 0.5) is 11.5 Å². The van der Waals surface area contributed by atoms with Crippen LogP contribution >= 0.6 is 0 Å². The lowest BCUT2D eigenvalue weighted by Crippen LogP contribution is -2.36. The molecule has 1 saturated heterocycles. The van der Waals surface area contributed by atoms with Crippen LogP contribution in [0.15, 0.2) is 79.1 Å². The second-order valence-corrected chi connectivity index (χ2v) is 8.68. The first kappa shape index (κ1) is 22.8. The summed E-state index contributed by atoms with van der Waals surface area (Å²) < 4.78 is 11.1. The summed E-state index contributed by atoms with van der Waals surface area (Å²) in [6, 6.07) is 21.5. The number of carbonyl (C=O) groups excluding carboxylic acids is 1. The zero-order chi connectivity index (χ0) is 24.0. The molecule has 35 heavy (non-hydrogen) atoms. The molecule has 2 aromatic heterocycles. The normalized spacial score (nSPS) is 16.0. The Morgan fingerprint density at radius 1 is 1.09 bits per heavy atom. The molecular weight excluding hydrogens is 440 g/mol. The van der Waals surface area contributed by atoms with Crippen LogP contribution in [0.25, 0.3) is 10.9 Å². The topological polar surface area (TPSA) is 76.6 Å². The quantitative estimate of drug-likeness (QED) is 0.442. The van der Waals surface area contributed by atoms with E-state index in [1.165, 1.54) is 5.56 Å². The number of benzene rings is 2. The summed E-state index contributed by atoms with van der Waals surface area (Å²) in [6.45, 7) is 2.32. The molecule has 0 radical (unpaired) electrons. The minimum Gasteiger partial charge on any atom is -0.497 e. The summed E-state index contributed by atoms with van der Waals surface area (Å²) in [5, 5.41) is 4.40. The lowest BCUT2D eigenvalue weighted by Gasteiger charge is -2.24. The van der Waals surface area contributed by atoms with E-state index in [2.05, 4.69) is 39.6 Å². The van der Waals surface area contributed by atoms with Crippen molar-refractivity contribution < 1.29 is 14.3 Å². The molecule has 178 valence electrons. The number of hydrogen-bond acceptors (Lipinski definition) is 6. The largest absolute Gasteiger partial charge is 0.497 e. The zero-order valence-electron chi connectivity index (χ0n) is 19.7. The Kier molecular flexibility index (Phi) is 6.86. The lowest BCUT2D eigenvalue weighted by molar-refractivity contribution is 0.0738. The fraction of sp³-hybridized carbons (Fsp3) is 0.250. The molecule has 7 heteroatoms. The molecule has 5 rings (SSSR count). The highest BCUT2D eigenvalue weighted by atomic mass is 16.5. The van der Waals surface area contributed by atoms with Gasteiger partial charge in [0.25, 0.3) is 5.91 Å². The maximum Gasteiger partial charge on any atom is 0.257 e. The van der Waals surface area contributed by atoms with Gasteiger partial charge in [0.1, 0.15) is 11.6 Å². The molecular formula is C28H28N4O3. The van der Waals surface area contributed by atoms with E-state index in [1.807, 2.05) is 41.3 Å². The van der Waals surface area contributed by atoms with E-state index < -0.39 is 0 Å². The molecule has 0 saturated carbocycles. The third kappa shape index (κ3) is 5.41. The van der Waals surface area contributed by atoms with Gasteiger partial charge in [0.2, 0.25) is 0 Å². The molecule has 0 unspecified atom stereocenters. The standard InChI is InChI=1S/C28H28N4O3/c1-34-24-9-7-23(8-10-24)31-27-25(5-3-13-30-27)28(33)32-14-15-35-19-21(18-32)16-20-6-11-26-22(17-20)4-2-12-29-26/h2-13,17,21H,14-16,18-19H2,1H3,(H,30,31)/t21-/m0/s1. The fourth-order valence-electron chi connectivity index (χ4n) is 4.43. The monoisotopic (exact) mass is 468 g/mol. The van der Waals surface area contributed by atoms with Gasteiger partial charge in [0.15, 0.2) is 0 Å². The first-order valence-corrected chi connectivity index (χ1v) is 11.8. The van der Waals surface area contributed by atoms with Crippen molar-refractivity contribution in [3.63, 3.8) is 0 Å². The molecule has 0 aliphatic carbocycles. The maximum absolute atomic E-state index is 13.6. The molecule has 3 heterocycles. The average Bonchev–Trinajstić information content (AvgIpc) is 3.14. The molecule has 1 amide bonds. The molecule has 1 N–H and O–H groups in total. The number of hydrogen-bond donors (Lipinski definition) is 1. The van der Waals surface area contributed by atoms with Gasteiger partial charge in [-0.1, -0.05) is 12.1 Å². The van der Waals surface area contributed by atoms with Crippen molar-refractivity contribution in [2.24, 2.45) is 5.92 Å². The Morgan fingerprint density at radius 2 is 1.91 bits per heavy atom. The van der Waals surface area contributed by atoms with E-state index in [0.717, 1.165) is 28.8 Å². The molecule has 2 aromatic carbocycles. The zero-order valence-corrected chi connectivity index (χ0v) is 19.7. The van der Waals surface area contributed by atoms with Crippen LogP contribution in [0.1, 0.15) is 15.9 Å². The smallest absolute Gasteiger partial charge is 0.257 e. The highest BCUT2D eigenvalue weighted by Gasteiger charge is 2.25. The van der Waals surface area contributed by atoms with Crippen LogP contribution in [-0.4, -0.2) is 54.2 Å². The molecule has 1 fully saturated rings. The number of pyridine rings is 2. The van der Waals surface area contributed by atoms with Gasteiger partial charge in [-0.25, -0.2) is 4.98 Å². The Hall–Kier alpha value is -3.97. The van der Waals surface area contributed by atoms with Crippen molar-refractivity contribution >= 4 is 28.3 Å². The number of anilines is 2. The third-order valence-electron chi connectivity index (χ3n) is 6.21. The van der Waals surface area contributed by atoms with Crippen LogP contribution in [0.2, 0.25) is 0 Å². The molecule has 4 aromatic rings. The van der Waals surface area contributed by atoms with Gasteiger partial charge in [0.05, 0.1) is 31.4 Å². The fourth-order valence-corrected chi connectivity index (χ4v) is 4.43. The Morgan fingerprint density at radius 3 is 2.77 bits per heavy atom. The summed E-state index contributed by atoms with van der Waals surface area (Å²) >= 11 is 0. The number of fused-ring (bicyclic) bond motifs is 1. The van der Waals surface area contributed by atoms with Crippen molar-refractivity contribution in [2.45, 2.75) is 6.42 Å². The van der Waals surface area contributed by atoms with E-state index in [4.69, 9.17) is 9.47 Å². The summed E-state index contributed by atoms with van der Waals surface area (Å²) in [5.41, 5.74) is 3.58. The molecule has 7 nitrogen and oxygen atoms in total. The number of amides is 1. The van der Waals surface area contributed by atoms with E-state index in [1.54, 1.807) is 25.6 Å². The summed E-state index contributed by atoms with van der Waals surface area (Å²) in [5.74, 6) is 1.45. The van der Waals surface area contributed by atoms with Crippen molar-refractivity contribution in [3.8, 4) is 5.75 Å². The van der Waals surface area contributed by atoms with Crippen LogP contribution in [0.5, 0.6) is 5.75 Å². The van der Waals surface area contributed by atoms with Crippen LogP contribution in [0, 0.1) is 5.92 Å². The first-order valence-electron chi connectivity index (χ1n) is 11.8. The van der Waals surface area contributed by atoms with Crippen molar-refractivity contribution in [1.82, 2.24) is 14.9 Å². The lowest BCUT2D eigenvalue weighted by atomic mass is 9.98. The third-order valence-corrected chi connectivity index (χ3v) is 6.21. The molecule has 1 aliphatic heterocycles. The number of methoxy groups -OCH3 is 1. The van der Waals surface area contributed by atoms with E-state index in [-0.39, 0.29) is 11.8 Å². The highest BCUT2D eigenvalue weighted by Crippen LogP contribution is 2.24. The van der Waals surface area contributed by atoms with E-state index >= 15 is 0 Å². The minimum absolute atomic E-state index is 0.0488. The Bertz CT molecular complexity index is 1310. The van der Waals surface area contributed by atoms with Crippen LogP contribution in [-0.2, 0) is 11.2 Å². The van der Waals surface area contributed by atoms with Crippen LogP contribution in [0.3, 0.4) is 0 Å². The highest BCUT2D eigenvalue weighted by molar-refractivity contribution is 5.99. The Balaban J connectivity index is 1.32. The number of nitrogens with zero attached hydrogens (tertiary/aromatic N) is 3. The number of aromatic nitrogens is 2. The molecule has 1 atom stereocenters. The van der Waals surface area contributed by atoms with Gasteiger partial charge >= 0.3 is 0 Å². The van der Waals surface area contributed by atoms with Gasteiger partial charge in [0, 0.05) is 42.5 Å². The van der Waals surface area contributed by atoms with Crippen molar-refractivity contribution in [2.75, 3.05) is 38.7 Å². The summed E-state index contributed by atoms with van der Waals surface area (Å²) in [6.07, 6.45) is 4.32. The predicted octanol–water partition coefficient (Wildman–Crippen LogP) is 4.71. The minimum atomic E-state index is -0.0488.